The van der Waals surface area contributed by atoms with Crippen LogP contribution in [0.5, 0.6) is 0 Å². The van der Waals surface area contributed by atoms with Gasteiger partial charge in [0.05, 0.1) is 0 Å². The van der Waals surface area contributed by atoms with E-state index in [2.05, 4.69) is 31.4 Å². The van der Waals surface area contributed by atoms with Crippen LogP contribution in [0.1, 0.15) is 51.2 Å². The molecule has 0 heterocycles. The lowest BCUT2D eigenvalue weighted by atomic mass is 9.62. The summed E-state index contributed by atoms with van der Waals surface area (Å²) in [5, 5.41) is 8.20. The minimum absolute atomic E-state index is 0.00550. The Labute approximate surface area is 233 Å². The predicted octanol–water partition coefficient (Wildman–Crippen LogP) is 7.84. The van der Waals surface area contributed by atoms with Crippen molar-refractivity contribution < 1.29 is 9.59 Å². The van der Waals surface area contributed by atoms with Crippen LogP contribution in [0, 0.1) is 10.8 Å². The number of benzene rings is 2. The van der Waals surface area contributed by atoms with Crippen molar-refractivity contribution in [2.45, 2.75) is 46.1 Å². The molecule has 2 aromatic carbocycles. The van der Waals surface area contributed by atoms with E-state index in [4.69, 9.17) is 46.4 Å². The highest BCUT2D eigenvalue weighted by molar-refractivity contribution is 6.36. The lowest BCUT2D eigenvalue weighted by molar-refractivity contribution is -0.119. The second-order valence-corrected chi connectivity index (χ2v) is 12.2. The van der Waals surface area contributed by atoms with Crippen molar-refractivity contribution in [3.8, 4) is 0 Å². The van der Waals surface area contributed by atoms with Crippen LogP contribution in [-0.4, -0.2) is 24.4 Å². The van der Waals surface area contributed by atoms with Crippen LogP contribution >= 0.6 is 46.4 Å². The fraction of sp³-hybridized carbons (Fsp3) is 0.357. The first-order valence-corrected chi connectivity index (χ1v) is 13.2. The maximum atomic E-state index is 12.7. The number of hydrogen-bond acceptors (Lipinski definition) is 2. The van der Waals surface area contributed by atoms with Crippen LogP contribution in [0.25, 0.3) is 12.2 Å². The first-order chi connectivity index (χ1) is 16.8. The van der Waals surface area contributed by atoms with Gasteiger partial charge in [-0.2, -0.15) is 0 Å². The summed E-state index contributed by atoms with van der Waals surface area (Å²) in [5.74, 6) is -0.383. The maximum Gasteiger partial charge on any atom is 0.244 e. The van der Waals surface area contributed by atoms with Crippen LogP contribution in [0.3, 0.4) is 0 Å². The number of nitrogens with one attached hydrogen (secondary N) is 2. The molecular formula is C28H30Cl4N2O2. The van der Waals surface area contributed by atoms with Crippen LogP contribution < -0.4 is 10.6 Å². The Morgan fingerprint density at radius 2 is 1.39 bits per heavy atom. The summed E-state index contributed by atoms with van der Waals surface area (Å²) in [7, 11) is 0. The number of hydrogen-bond donors (Lipinski definition) is 2. The molecule has 1 aliphatic rings. The molecule has 0 bridgehead atoms. The van der Waals surface area contributed by atoms with Gasteiger partial charge in [0, 0.05) is 44.8 Å². The van der Waals surface area contributed by atoms with Crippen LogP contribution in [0.2, 0.25) is 20.1 Å². The summed E-state index contributed by atoms with van der Waals surface area (Å²) in [5.41, 5.74) is 1.27. The monoisotopic (exact) mass is 566 g/mol. The van der Waals surface area contributed by atoms with Gasteiger partial charge in [-0.15, -0.1) is 0 Å². The average molecular weight is 568 g/mol. The van der Waals surface area contributed by atoms with Gasteiger partial charge in [0.15, 0.2) is 0 Å². The Bertz CT molecular complexity index is 1190. The summed E-state index contributed by atoms with van der Waals surface area (Å²) < 4.78 is 0. The molecular weight excluding hydrogens is 538 g/mol. The fourth-order valence-corrected chi connectivity index (χ4v) is 6.03. The molecule has 3 rings (SSSR count). The summed E-state index contributed by atoms with van der Waals surface area (Å²) in [6.45, 7) is 7.03. The van der Waals surface area contributed by atoms with Crippen molar-refractivity contribution in [1.82, 2.24) is 10.6 Å². The Balaban J connectivity index is 1.59. The molecule has 1 fully saturated rings. The Morgan fingerprint density at radius 3 is 1.92 bits per heavy atom. The van der Waals surface area contributed by atoms with Crippen molar-refractivity contribution in [2.75, 3.05) is 6.54 Å². The van der Waals surface area contributed by atoms with Crippen molar-refractivity contribution in [3.05, 3.63) is 79.8 Å². The van der Waals surface area contributed by atoms with Gasteiger partial charge in [-0.1, -0.05) is 79.3 Å². The molecule has 0 radical (unpaired) electrons. The van der Waals surface area contributed by atoms with Gasteiger partial charge in [0.1, 0.15) is 0 Å². The van der Waals surface area contributed by atoms with Gasteiger partial charge >= 0.3 is 0 Å². The van der Waals surface area contributed by atoms with E-state index in [1.165, 1.54) is 12.2 Å². The van der Waals surface area contributed by atoms with Gasteiger partial charge in [-0.3, -0.25) is 9.59 Å². The van der Waals surface area contributed by atoms with Crippen LogP contribution in [0.15, 0.2) is 48.6 Å². The normalized spacial score (nSPS) is 21.6. The highest BCUT2D eigenvalue weighted by Crippen LogP contribution is 2.45. The Morgan fingerprint density at radius 1 is 0.861 bits per heavy atom. The fourth-order valence-electron chi connectivity index (χ4n) is 5.08. The summed E-state index contributed by atoms with van der Waals surface area (Å²) in [6, 6.07) is 10.3. The molecule has 0 aromatic heterocycles. The molecule has 2 amide bonds. The third-order valence-electron chi connectivity index (χ3n) is 6.23. The topological polar surface area (TPSA) is 58.2 Å². The van der Waals surface area contributed by atoms with Gasteiger partial charge in [0.25, 0.3) is 0 Å². The lowest BCUT2D eigenvalue weighted by Crippen LogP contribution is -2.50. The van der Waals surface area contributed by atoms with E-state index in [0.717, 1.165) is 30.4 Å². The Hall–Kier alpha value is -1.98. The van der Waals surface area contributed by atoms with E-state index in [1.54, 1.807) is 48.6 Å². The zero-order valence-corrected chi connectivity index (χ0v) is 23.5. The number of carbonyl (C=O) groups excluding carboxylic acids is 2. The Kier molecular flexibility index (Phi) is 9.56. The molecule has 1 saturated carbocycles. The standard InChI is InChI=1S/C28H30Cl4N2O2/c1-27(2)14-22(34-26(36)11-7-19-5-9-21(30)13-24(19)32)15-28(3,16-27)17-33-25(35)10-6-18-4-8-20(29)12-23(18)31/h4-13,22H,14-17H2,1-3H3,(H,33,35)(H,34,36). The number of rotatable bonds is 7. The highest BCUT2D eigenvalue weighted by Gasteiger charge is 2.41. The minimum Gasteiger partial charge on any atom is -0.352 e. The zero-order valence-electron chi connectivity index (χ0n) is 20.5. The summed E-state index contributed by atoms with van der Waals surface area (Å²) in [6.07, 6.45) is 8.85. The quantitative estimate of drug-likeness (QED) is 0.335. The maximum absolute atomic E-state index is 12.7. The first-order valence-electron chi connectivity index (χ1n) is 11.7. The highest BCUT2D eigenvalue weighted by atomic mass is 35.5. The second-order valence-electron chi connectivity index (χ2n) is 10.5. The van der Waals surface area contributed by atoms with E-state index >= 15 is 0 Å². The molecule has 36 heavy (non-hydrogen) atoms. The van der Waals surface area contributed by atoms with Crippen molar-refractivity contribution >= 4 is 70.4 Å². The summed E-state index contributed by atoms with van der Waals surface area (Å²) >= 11 is 24.2. The molecule has 4 nitrogen and oxygen atoms in total. The molecule has 192 valence electrons. The van der Waals surface area contributed by atoms with Gasteiger partial charge in [-0.05, 0) is 77.6 Å². The number of amides is 2. The average Bonchev–Trinajstić information content (AvgIpc) is 2.75. The number of carbonyl (C=O) groups is 2. The molecule has 2 aromatic rings. The SMILES string of the molecule is CC1(C)CC(NC(=O)C=Cc2ccc(Cl)cc2Cl)CC(C)(CNC(=O)C=Cc2ccc(Cl)cc2Cl)C1. The van der Waals surface area contributed by atoms with Crippen LogP contribution in [-0.2, 0) is 9.59 Å². The second kappa shape index (κ2) is 12.0. The molecule has 0 saturated heterocycles. The molecule has 2 N–H and O–H groups in total. The van der Waals surface area contributed by atoms with Crippen molar-refractivity contribution in [1.29, 1.82) is 0 Å². The smallest absolute Gasteiger partial charge is 0.244 e. The van der Waals surface area contributed by atoms with Gasteiger partial charge in [0.2, 0.25) is 11.8 Å². The molecule has 1 aliphatic carbocycles. The molecule has 2 unspecified atom stereocenters. The number of halogens is 4. The third-order valence-corrected chi connectivity index (χ3v) is 7.36. The van der Waals surface area contributed by atoms with Crippen LogP contribution in [0.4, 0.5) is 0 Å². The van der Waals surface area contributed by atoms with Crippen molar-refractivity contribution in [3.63, 3.8) is 0 Å². The zero-order chi connectivity index (χ0) is 26.5. The molecule has 0 spiro atoms. The van der Waals surface area contributed by atoms with Crippen molar-refractivity contribution in [2.24, 2.45) is 10.8 Å². The third kappa shape index (κ3) is 8.55. The van der Waals surface area contributed by atoms with E-state index in [9.17, 15) is 9.59 Å². The molecule has 0 aliphatic heterocycles. The summed E-state index contributed by atoms with van der Waals surface area (Å²) in [4.78, 5) is 25.2. The minimum atomic E-state index is -0.200. The lowest BCUT2D eigenvalue weighted by Gasteiger charge is -2.46. The van der Waals surface area contributed by atoms with Gasteiger partial charge in [-0.25, -0.2) is 0 Å². The van der Waals surface area contributed by atoms with Gasteiger partial charge < -0.3 is 10.6 Å². The van der Waals surface area contributed by atoms with E-state index in [1.807, 2.05) is 0 Å². The first kappa shape index (κ1) is 28.6. The molecule has 8 heteroatoms. The van der Waals surface area contributed by atoms with E-state index in [0.29, 0.717) is 26.6 Å². The predicted molar refractivity (Wildman–Crippen MR) is 152 cm³/mol. The molecule has 2 atom stereocenters. The largest absolute Gasteiger partial charge is 0.352 e. The van der Waals surface area contributed by atoms with E-state index in [-0.39, 0.29) is 28.7 Å². The van der Waals surface area contributed by atoms with E-state index < -0.39 is 0 Å².